The van der Waals surface area contributed by atoms with Crippen LogP contribution in [-0.4, -0.2) is 22.3 Å². The van der Waals surface area contributed by atoms with Crippen molar-refractivity contribution in [1.82, 2.24) is 0 Å². The molecule has 20 heavy (non-hydrogen) atoms. The third-order valence-corrected chi connectivity index (χ3v) is 3.58. The average Bonchev–Trinajstić information content (AvgIpc) is 2.48. The van der Waals surface area contributed by atoms with Crippen molar-refractivity contribution < 1.29 is 15.0 Å². The minimum atomic E-state index is -0.228. The predicted octanol–water partition coefficient (Wildman–Crippen LogP) is 3.72. The van der Waals surface area contributed by atoms with Crippen LogP contribution in [0.25, 0.3) is 6.08 Å². The van der Waals surface area contributed by atoms with E-state index in [4.69, 9.17) is 0 Å². The number of aromatic hydroxyl groups is 2. The van der Waals surface area contributed by atoms with Crippen molar-refractivity contribution in [2.45, 2.75) is 4.90 Å². The summed E-state index contributed by atoms with van der Waals surface area (Å²) >= 11 is 1.61. The Morgan fingerprint density at radius 1 is 1.10 bits per heavy atom. The van der Waals surface area contributed by atoms with Crippen LogP contribution in [0, 0.1) is 0 Å². The normalized spacial score (nSPS) is 10.8. The van der Waals surface area contributed by atoms with E-state index in [2.05, 4.69) is 0 Å². The van der Waals surface area contributed by atoms with Gasteiger partial charge in [-0.05, 0) is 48.7 Å². The van der Waals surface area contributed by atoms with Gasteiger partial charge in [0.2, 0.25) is 0 Å². The van der Waals surface area contributed by atoms with Crippen molar-refractivity contribution in [2.75, 3.05) is 6.26 Å². The van der Waals surface area contributed by atoms with E-state index >= 15 is 0 Å². The number of para-hydroxylation sites is 1. The molecule has 0 atom stereocenters. The van der Waals surface area contributed by atoms with E-state index in [1.165, 1.54) is 18.2 Å². The molecule has 2 aromatic rings. The minimum absolute atomic E-state index is 0.152. The molecule has 0 radical (unpaired) electrons. The van der Waals surface area contributed by atoms with Gasteiger partial charge in [0.1, 0.15) is 0 Å². The highest BCUT2D eigenvalue weighted by atomic mass is 32.2. The van der Waals surface area contributed by atoms with Gasteiger partial charge in [-0.1, -0.05) is 12.1 Å². The molecule has 102 valence electrons. The van der Waals surface area contributed by atoms with E-state index in [1.54, 1.807) is 36.0 Å². The molecule has 0 aromatic heterocycles. The number of ketones is 1. The van der Waals surface area contributed by atoms with Crippen molar-refractivity contribution in [3.8, 4) is 11.5 Å². The highest BCUT2D eigenvalue weighted by Crippen LogP contribution is 2.29. The molecule has 0 aliphatic heterocycles. The van der Waals surface area contributed by atoms with Crippen molar-refractivity contribution in [1.29, 1.82) is 0 Å². The molecule has 2 aromatic carbocycles. The number of hydrogen-bond acceptors (Lipinski definition) is 4. The van der Waals surface area contributed by atoms with Crippen LogP contribution in [0.1, 0.15) is 15.9 Å². The fourth-order valence-corrected chi connectivity index (χ4v) is 2.11. The summed E-state index contributed by atoms with van der Waals surface area (Å²) in [5.41, 5.74) is 0.984. The van der Waals surface area contributed by atoms with Crippen LogP contribution >= 0.6 is 11.8 Å². The summed E-state index contributed by atoms with van der Waals surface area (Å²) in [6.07, 6.45) is 4.84. The molecule has 3 nitrogen and oxygen atoms in total. The van der Waals surface area contributed by atoms with Crippen LogP contribution in [0.3, 0.4) is 0 Å². The second-order valence-corrected chi connectivity index (χ2v) is 5.02. The average molecular weight is 286 g/mol. The summed E-state index contributed by atoms with van der Waals surface area (Å²) in [5.74, 6) is -0.585. The summed E-state index contributed by atoms with van der Waals surface area (Å²) in [5, 5.41) is 19.0. The van der Waals surface area contributed by atoms with E-state index in [0.29, 0.717) is 11.1 Å². The van der Waals surface area contributed by atoms with Crippen molar-refractivity contribution >= 4 is 23.6 Å². The molecule has 2 N–H and O–H groups in total. The zero-order valence-electron chi connectivity index (χ0n) is 10.9. The molecule has 0 unspecified atom stereocenters. The number of carbonyl (C=O) groups excluding carboxylic acids is 1. The molecule has 0 saturated carbocycles. The van der Waals surface area contributed by atoms with Crippen molar-refractivity contribution in [3.63, 3.8) is 0 Å². The zero-order valence-corrected chi connectivity index (χ0v) is 11.7. The van der Waals surface area contributed by atoms with Gasteiger partial charge in [-0.3, -0.25) is 4.79 Å². The Hall–Kier alpha value is -2.20. The highest BCUT2D eigenvalue weighted by Gasteiger charge is 2.05. The summed E-state index contributed by atoms with van der Waals surface area (Å²) in [6.45, 7) is 0. The van der Waals surface area contributed by atoms with Crippen molar-refractivity contribution in [2.24, 2.45) is 0 Å². The van der Waals surface area contributed by atoms with Crippen LogP contribution in [0.15, 0.2) is 53.4 Å². The molecule has 0 aliphatic rings. The van der Waals surface area contributed by atoms with Gasteiger partial charge in [0, 0.05) is 16.0 Å². The Morgan fingerprint density at radius 3 is 2.45 bits per heavy atom. The Balaban J connectivity index is 2.18. The molecule has 0 bridgehead atoms. The Bertz CT molecular complexity index is 645. The maximum Gasteiger partial charge on any atom is 0.185 e. The smallest absolute Gasteiger partial charge is 0.185 e. The van der Waals surface area contributed by atoms with Crippen LogP contribution < -0.4 is 0 Å². The minimum Gasteiger partial charge on any atom is -0.504 e. The number of allylic oxidation sites excluding steroid dienone is 1. The number of carbonyl (C=O) groups is 1. The van der Waals surface area contributed by atoms with Crippen LogP contribution in [-0.2, 0) is 0 Å². The fraction of sp³-hybridized carbons (Fsp3) is 0.0625. The van der Waals surface area contributed by atoms with Crippen LogP contribution in [0.2, 0.25) is 0 Å². The first kappa shape index (κ1) is 14.2. The van der Waals surface area contributed by atoms with E-state index in [-0.39, 0.29) is 17.3 Å². The number of phenolic OH excluding ortho intramolecular Hbond substituents is 2. The van der Waals surface area contributed by atoms with Crippen LogP contribution in [0.5, 0.6) is 11.5 Å². The third-order valence-electron chi connectivity index (χ3n) is 2.83. The van der Waals surface area contributed by atoms with Gasteiger partial charge < -0.3 is 10.2 Å². The SMILES string of the molecule is CSc1ccc(C(=O)C=Cc2cccc(O)c2O)cc1. The Kier molecular flexibility index (Phi) is 4.48. The van der Waals surface area contributed by atoms with Gasteiger partial charge >= 0.3 is 0 Å². The fourth-order valence-electron chi connectivity index (χ4n) is 1.70. The maximum absolute atomic E-state index is 12.0. The number of hydrogen-bond donors (Lipinski definition) is 2. The van der Waals surface area contributed by atoms with E-state index in [1.807, 2.05) is 18.4 Å². The van der Waals surface area contributed by atoms with Crippen molar-refractivity contribution in [3.05, 3.63) is 59.7 Å². The van der Waals surface area contributed by atoms with E-state index < -0.39 is 0 Å². The molecule has 0 aliphatic carbocycles. The standard InChI is InChI=1S/C16H14O3S/c1-20-13-8-5-11(6-9-13)14(17)10-7-12-3-2-4-15(18)16(12)19/h2-10,18-19H,1H3. The van der Waals surface area contributed by atoms with Gasteiger partial charge in [-0.15, -0.1) is 11.8 Å². The van der Waals surface area contributed by atoms with Gasteiger partial charge in [-0.25, -0.2) is 0 Å². The largest absolute Gasteiger partial charge is 0.504 e. The quantitative estimate of drug-likeness (QED) is 0.389. The molecular weight excluding hydrogens is 272 g/mol. The summed E-state index contributed by atoms with van der Waals surface area (Å²) in [4.78, 5) is 13.1. The summed E-state index contributed by atoms with van der Waals surface area (Å²) < 4.78 is 0. The number of thioether (sulfide) groups is 1. The lowest BCUT2D eigenvalue weighted by Crippen LogP contribution is -1.93. The lowest BCUT2D eigenvalue weighted by Gasteiger charge is -2.01. The summed E-state index contributed by atoms with van der Waals surface area (Å²) in [6, 6.07) is 11.9. The second-order valence-electron chi connectivity index (χ2n) is 4.14. The molecule has 0 spiro atoms. The maximum atomic E-state index is 12.0. The second kappa shape index (κ2) is 6.30. The first-order valence-corrected chi connectivity index (χ1v) is 7.21. The number of rotatable bonds is 4. The Labute approximate surface area is 121 Å². The lowest BCUT2D eigenvalue weighted by atomic mass is 10.1. The lowest BCUT2D eigenvalue weighted by molar-refractivity contribution is 0.104. The molecule has 0 amide bonds. The molecule has 0 saturated heterocycles. The zero-order chi connectivity index (χ0) is 14.5. The topological polar surface area (TPSA) is 57.5 Å². The van der Waals surface area contributed by atoms with E-state index in [0.717, 1.165) is 4.90 Å². The monoisotopic (exact) mass is 286 g/mol. The Morgan fingerprint density at radius 2 is 1.80 bits per heavy atom. The number of phenols is 2. The molecule has 0 fully saturated rings. The van der Waals surface area contributed by atoms with E-state index in [9.17, 15) is 15.0 Å². The molecule has 2 rings (SSSR count). The third kappa shape index (κ3) is 3.22. The highest BCUT2D eigenvalue weighted by molar-refractivity contribution is 7.98. The molecule has 4 heteroatoms. The summed E-state index contributed by atoms with van der Waals surface area (Å²) in [7, 11) is 0. The molecular formula is C16H14O3S. The van der Waals surface area contributed by atoms with Crippen LogP contribution in [0.4, 0.5) is 0 Å². The first-order chi connectivity index (χ1) is 9.61. The van der Waals surface area contributed by atoms with Gasteiger partial charge in [0.15, 0.2) is 17.3 Å². The predicted molar refractivity (Wildman–Crippen MR) is 81.4 cm³/mol. The number of benzene rings is 2. The van der Waals surface area contributed by atoms with Gasteiger partial charge in [-0.2, -0.15) is 0 Å². The first-order valence-electron chi connectivity index (χ1n) is 5.99. The van der Waals surface area contributed by atoms with Gasteiger partial charge in [0.25, 0.3) is 0 Å². The van der Waals surface area contributed by atoms with Gasteiger partial charge in [0.05, 0.1) is 0 Å². The molecule has 0 heterocycles.